The summed E-state index contributed by atoms with van der Waals surface area (Å²) in [7, 11) is 0. The highest BCUT2D eigenvalue weighted by Crippen LogP contribution is 2.15. The topological polar surface area (TPSA) is 60.9 Å². The lowest BCUT2D eigenvalue weighted by molar-refractivity contribution is 0.382. The number of benzene rings is 1. The number of nitrogens with two attached hydrogens (primary N) is 1. The molecule has 2 N–H and O–H groups in total. The van der Waals surface area contributed by atoms with E-state index in [-0.39, 0.29) is 11.1 Å². The highest BCUT2D eigenvalue weighted by Gasteiger charge is 2.16. The quantitative estimate of drug-likeness (QED) is 0.684. The lowest BCUT2D eigenvalue weighted by Gasteiger charge is -2.21. The summed E-state index contributed by atoms with van der Waals surface area (Å²) in [5.74, 6) is 0. The van der Waals surface area contributed by atoms with Crippen LogP contribution >= 0.6 is 0 Å². The highest BCUT2D eigenvalue weighted by molar-refractivity contribution is 5.80. The normalized spacial score (nSPS) is 11.9. The van der Waals surface area contributed by atoms with Crippen molar-refractivity contribution in [2.45, 2.75) is 26.3 Å². The second-order valence-corrected chi connectivity index (χ2v) is 4.87. The van der Waals surface area contributed by atoms with E-state index < -0.39 is 0 Å². The third-order valence-corrected chi connectivity index (χ3v) is 2.50. The fourth-order valence-electron chi connectivity index (χ4n) is 1.62. The fraction of sp³-hybridized carbons (Fsp3) is 0.333. The zero-order valence-electron chi connectivity index (χ0n) is 9.69. The van der Waals surface area contributed by atoms with Crippen LogP contribution in [0.4, 0.5) is 5.69 Å². The zero-order valence-corrected chi connectivity index (χ0v) is 9.69. The molecule has 4 heteroatoms. The molecule has 1 aromatic carbocycles. The van der Waals surface area contributed by atoms with Gasteiger partial charge in [-0.1, -0.05) is 0 Å². The maximum atomic E-state index is 12.2. The molecule has 2 rings (SSSR count). The molecule has 0 spiro atoms. The fourth-order valence-corrected chi connectivity index (χ4v) is 1.62. The van der Waals surface area contributed by atoms with Gasteiger partial charge in [0.2, 0.25) is 0 Å². The van der Waals surface area contributed by atoms with E-state index in [1.807, 2.05) is 20.8 Å². The monoisotopic (exact) mass is 217 g/mol. The molecule has 0 aliphatic heterocycles. The van der Waals surface area contributed by atoms with E-state index in [9.17, 15) is 4.79 Å². The number of aromatic nitrogens is 2. The molecule has 1 heterocycles. The number of nitrogens with zero attached hydrogens (tertiary/aromatic N) is 2. The molecule has 0 aliphatic carbocycles. The van der Waals surface area contributed by atoms with Gasteiger partial charge in [-0.3, -0.25) is 9.36 Å². The van der Waals surface area contributed by atoms with E-state index in [1.54, 1.807) is 29.1 Å². The number of hydrogen-bond acceptors (Lipinski definition) is 3. The van der Waals surface area contributed by atoms with Crippen LogP contribution in [0.25, 0.3) is 10.9 Å². The lowest BCUT2D eigenvalue weighted by Crippen LogP contribution is -2.33. The van der Waals surface area contributed by atoms with E-state index in [1.165, 1.54) is 0 Å². The maximum Gasteiger partial charge on any atom is 0.261 e. The van der Waals surface area contributed by atoms with Gasteiger partial charge in [0.25, 0.3) is 5.56 Å². The molecule has 4 nitrogen and oxygen atoms in total. The summed E-state index contributed by atoms with van der Waals surface area (Å²) in [6.07, 6.45) is 1.58. The van der Waals surface area contributed by atoms with Gasteiger partial charge >= 0.3 is 0 Å². The summed E-state index contributed by atoms with van der Waals surface area (Å²) in [6, 6.07) is 5.18. The summed E-state index contributed by atoms with van der Waals surface area (Å²) in [5, 5.41) is 0.567. The Morgan fingerprint density at radius 2 is 2.00 bits per heavy atom. The van der Waals surface area contributed by atoms with Crippen molar-refractivity contribution in [2.75, 3.05) is 5.73 Å². The molecule has 84 valence electrons. The van der Waals surface area contributed by atoms with Crippen molar-refractivity contribution in [1.82, 2.24) is 9.55 Å². The Morgan fingerprint density at radius 3 is 2.62 bits per heavy atom. The molecule has 0 bridgehead atoms. The number of nitrogen functional groups attached to an aromatic ring is 1. The Labute approximate surface area is 93.7 Å². The van der Waals surface area contributed by atoms with Crippen LogP contribution in [0.3, 0.4) is 0 Å². The first-order valence-electron chi connectivity index (χ1n) is 5.17. The van der Waals surface area contributed by atoms with Crippen molar-refractivity contribution < 1.29 is 0 Å². The highest BCUT2D eigenvalue weighted by atomic mass is 16.1. The van der Waals surface area contributed by atoms with Crippen molar-refractivity contribution in [3.8, 4) is 0 Å². The molecule has 0 radical (unpaired) electrons. The van der Waals surface area contributed by atoms with Gasteiger partial charge in [0.15, 0.2) is 0 Å². The zero-order chi connectivity index (χ0) is 11.9. The Kier molecular flexibility index (Phi) is 2.22. The minimum atomic E-state index is -0.275. The summed E-state index contributed by atoms with van der Waals surface area (Å²) < 4.78 is 1.62. The predicted octanol–water partition coefficient (Wildman–Crippen LogP) is 1.73. The van der Waals surface area contributed by atoms with Gasteiger partial charge < -0.3 is 5.73 Å². The van der Waals surface area contributed by atoms with E-state index in [0.717, 1.165) is 0 Å². The second kappa shape index (κ2) is 3.33. The molecule has 2 aromatic rings. The first kappa shape index (κ1) is 10.7. The van der Waals surface area contributed by atoms with Crippen molar-refractivity contribution in [1.29, 1.82) is 0 Å². The van der Waals surface area contributed by atoms with Gasteiger partial charge in [0.05, 0.1) is 17.2 Å². The van der Waals surface area contributed by atoms with Crippen molar-refractivity contribution >= 4 is 16.6 Å². The van der Waals surface area contributed by atoms with Gasteiger partial charge in [0.1, 0.15) is 0 Å². The molecule has 0 aliphatic rings. The number of rotatable bonds is 0. The SMILES string of the molecule is CC(C)(C)n1cnc2ccc(N)cc2c1=O. The number of fused-ring (bicyclic) bond motifs is 1. The lowest BCUT2D eigenvalue weighted by atomic mass is 10.1. The van der Waals surface area contributed by atoms with E-state index in [4.69, 9.17) is 5.73 Å². The van der Waals surface area contributed by atoms with Crippen LogP contribution in [0.5, 0.6) is 0 Å². The Morgan fingerprint density at radius 1 is 1.31 bits per heavy atom. The van der Waals surface area contributed by atoms with Crippen LogP contribution in [-0.4, -0.2) is 9.55 Å². The van der Waals surface area contributed by atoms with Crippen LogP contribution in [-0.2, 0) is 5.54 Å². The average Bonchev–Trinajstić information content (AvgIpc) is 2.17. The van der Waals surface area contributed by atoms with Crippen molar-refractivity contribution in [3.05, 3.63) is 34.9 Å². The molecule has 0 unspecified atom stereocenters. The predicted molar refractivity (Wildman–Crippen MR) is 65.4 cm³/mol. The molecule has 0 amide bonds. The maximum absolute atomic E-state index is 12.2. The van der Waals surface area contributed by atoms with Crippen LogP contribution in [0, 0.1) is 0 Å². The number of hydrogen-bond donors (Lipinski definition) is 1. The summed E-state index contributed by atoms with van der Waals surface area (Å²) in [4.78, 5) is 16.5. The van der Waals surface area contributed by atoms with Crippen LogP contribution in [0.15, 0.2) is 29.3 Å². The van der Waals surface area contributed by atoms with Gasteiger partial charge in [-0.15, -0.1) is 0 Å². The van der Waals surface area contributed by atoms with E-state index in [2.05, 4.69) is 4.98 Å². The van der Waals surface area contributed by atoms with Gasteiger partial charge in [-0.2, -0.15) is 0 Å². The molecule has 0 saturated heterocycles. The van der Waals surface area contributed by atoms with Gasteiger partial charge in [-0.25, -0.2) is 4.98 Å². The standard InChI is InChI=1S/C12H15N3O/c1-12(2,3)15-7-14-10-5-4-8(13)6-9(10)11(15)16/h4-7H,13H2,1-3H3. The second-order valence-electron chi connectivity index (χ2n) is 4.87. The first-order valence-corrected chi connectivity index (χ1v) is 5.17. The largest absolute Gasteiger partial charge is 0.399 e. The first-order chi connectivity index (χ1) is 7.39. The summed E-state index contributed by atoms with van der Waals surface area (Å²) >= 11 is 0. The molecule has 1 aromatic heterocycles. The number of anilines is 1. The smallest absolute Gasteiger partial charge is 0.261 e. The van der Waals surface area contributed by atoms with Crippen LogP contribution < -0.4 is 11.3 Å². The van der Waals surface area contributed by atoms with Crippen molar-refractivity contribution in [3.63, 3.8) is 0 Å². The molecular formula is C12H15N3O. The molecule has 0 atom stereocenters. The third kappa shape index (κ3) is 1.66. The summed E-state index contributed by atoms with van der Waals surface area (Å²) in [5.41, 5.74) is 6.61. The van der Waals surface area contributed by atoms with E-state index in [0.29, 0.717) is 16.6 Å². The van der Waals surface area contributed by atoms with Crippen LogP contribution in [0.1, 0.15) is 20.8 Å². The Balaban J connectivity index is 2.84. The van der Waals surface area contributed by atoms with Crippen LogP contribution in [0.2, 0.25) is 0 Å². The summed E-state index contributed by atoms with van der Waals surface area (Å²) in [6.45, 7) is 5.90. The van der Waals surface area contributed by atoms with Crippen molar-refractivity contribution in [2.24, 2.45) is 0 Å². The molecule has 0 fully saturated rings. The average molecular weight is 217 g/mol. The minimum absolute atomic E-state index is 0.0511. The molecule has 0 saturated carbocycles. The minimum Gasteiger partial charge on any atom is -0.399 e. The molecular weight excluding hydrogens is 202 g/mol. The van der Waals surface area contributed by atoms with Gasteiger partial charge in [-0.05, 0) is 39.0 Å². The Hall–Kier alpha value is -1.84. The molecule has 16 heavy (non-hydrogen) atoms. The van der Waals surface area contributed by atoms with Gasteiger partial charge in [0, 0.05) is 11.2 Å². The van der Waals surface area contributed by atoms with E-state index >= 15 is 0 Å². The Bertz CT molecular complexity index is 593. The third-order valence-electron chi connectivity index (χ3n) is 2.50.